The van der Waals surface area contributed by atoms with Crippen LogP contribution in [0.1, 0.15) is 48.7 Å². The molecule has 6 heteroatoms. The normalized spacial score (nSPS) is 20.7. The zero-order valence-electron chi connectivity index (χ0n) is 15.9. The van der Waals surface area contributed by atoms with Gasteiger partial charge in [0, 0.05) is 30.3 Å². The van der Waals surface area contributed by atoms with Gasteiger partial charge in [-0.05, 0) is 38.8 Å². The fourth-order valence-corrected chi connectivity index (χ4v) is 4.47. The maximum atomic E-state index is 13.1. The molecule has 0 spiro atoms. The second kappa shape index (κ2) is 7.18. The number of benzene rings is 1. The zero-order valence-corrected chi connectivity index (χ0v) is 15.9. The number of nitrogens with one attached hydrogen (secondary N) is 1. The summed E-state index contributed by atoms with van der Waals surface area (Å²) in [6, 6.07) is 9.29. The Morgan fingerprint density at radius 1 is 1.15 bits per heavy atom. The fraction of sp³-hybridized carbons (Fsp3) is 0.476. The third-order valence-electron chi connectivity index (χ3n) is 5.82. The molecule has 1 aliphatic heterocycles. The third-order valence-corrected chi connectivity index (χ3v) is 5.82. The number of nitrogens with zero attached hydrogens (tertiary/aromatic N) is 3. The molecule has 27 heavy (non-hydrogen) atoms. The number of aromatic nitrogens is 2. The molecule has 2 amide bonds. The Kier molecular flexibility index (Phi) is 4.72. The number of aryl methyl sites for hydroxylation is 1. The molecule has 1 saturated heterocycles. The molecule has 142 valence electrons. The molecule has 0 unspecified atom stereocenters. The lowest BCUT2D eigenvalue weighted by molar-refractivity contribution is -0.146. The molecule has 2 aromatic rings. The van der Waals surface area contributed by atoms with E-state index < -0.39 is 6.04 Å². The van der Waals surface area contributed by atoms with Crippen LogP contribution in [0.3, 0.4) is 0 Å². The summed E-state index contributed by atoms with van der Waals surface area (Å²) >= 11 is 0. The van der Waals surface area contributed by atoms with Crippen molar-refractivity contribution in [2.75, 3.05) is 13.1 Å². The number of carbonyl (C=O) groups is 2. The highest BCUT2D eigenvalue weighted by molar-refractivity contribution is 5.91. The number of piperazine rings is 1. The standard InChI is InChI=1S/C21H26N4O2/c1-14-18(15(2)25(23-14)17-10-4-3-5-11-17)19-20(26)22-12-13-24(19)21(27)16-8-6-7-9-16/h3-5,10-11,16,19H,6-9,12-13H2,1-2H3,(H,22,26)/t19-/m1/s1. The summed E-state index contributed by atoms with van der Waals surface area (Å²) in [6.45, 7) is 4.96. The van der Waals surface area contributed by atoms with E-state index in [1.54, 1.807) is 4.90 Å². The molecular formula is C21H26N4O2. The quantitative estimate of drug-likeness (QED) is 0.908. The molecule has 1 saturated carbocycles. The van der Waals surface area contributed by atoms with Crippen molar-refractivity contribution in [2.45, 2.75) is 45.6 Å². The molecule has 6 nitrogen and oxygen atoms in total. The SMILES string of the molecule is Cc1nn(-c2ccccc2)c(C)c1[C@@H]1C(=O)NCCN1C(=O)C1CCCC1. The maximum Gasteiger partial charge on any atom is 0.247 e. The van der Waals surface area contributed by atoms with Crippen LogP contribution in [0.5, 0.6) is 0 Å². The monoisotopic (exact) mass is 366 g/mol. The minimum Gasteiger partial charge on any atom is -0.352 e. The first-order chi connectivity index (χ1) is 13.1. The van der Waals surface area contributed by atoms with Gasteiger partial charge in [0.2, 0.25) is 11.8 Å². The van der Waals surface area contributed by atoms with Crippen molar-refractivity contribution in [1.29, 1.82) is 0 Å². The second-order valence-corrected chi connectivity index (χ2v) is 7.54. The number of hydrogen-bond donors (Lipinski definition) is 1. The van der Waals surface area contributed by atoms with E-state index in [4.69, 9.17) is 0 Å². The molecule has 2 aliphatic rings. The van der Waals surface area contributed by atoms with E-state index in [2.05, 4.69) is 10.4 Å². The molecule has 1 aromatic heterocycles. The van der Waals surface area contributed by atoms with Crippen molar-refractivity contribution in [1.82, 2.24) is 20.0 Å². The lowest BCUT2D eigenvalue weighted by atomic mass is 9.97. The van der Waals surface area contributed by atoms with Gasteiger partial charge in [-0.25, -0.2) is 4.68 Å². The van der Waals surface area contributed by atoms with Gasteiger partial charge in [-0.2, -0.15) is 5.10 Å². The summed E-state index contributed by atoms with van der Waals surface area (Å²) in [5, 5.41) is 7.62. The van der Waals surface area contributed by atoms with Crippen molar-refractivity contribution in [3.05, 3.63) is 47.3 Å². The van der Waals surface area contributed by atoms with E-state index in [1.165, 1.54) is 0 Å². The van der Waals surface area contributed by atoms with E-state index >= 15 is 0 Å². The summed E-state index contributed by atoms with van der Waals surface area (Å²) in [4.78, 5) is 27.8. The summed E-state index contributed by atoms with van der Waals surface area (Å²) in [7, 11) is 0. The fourth-order valence-electron chi connectivity index (χ4n) is 4.47. The molecule has 2 heterocycles. The molecule has 1 N–H and O–H groups in total. The maximum absolute atomic E-state index is 13.1. The first-order valence-corrected chi connectivity index (χ1v) is 9.77. The molecule has 2 fully saturated rings. The van der Waals surface area contributed by atoms with Crippen LogP contribution in [0.2, 0.25) is 0 Å². The average Bonchev–Trinajstić information content (AvgIpc) is 3.31. The smallest absolute Gasteiger partial charge is 0.247 e. The van der Waals surface area contributed by atoms with E-state index in [0.29, 0.717) is 13.1 Å². The Bertz CT molecular complexity index is 853. The Morgan fingerprint density at radius 3 is 2.56 bits per heavy atom. The van der Waals surface area contributed by atoms with Gasteiger partial charge < -0.3 is 10.2 Å². The largest absolute Gasteiger partial charge is 0.352 e. The van der Waals surface area contributed by atoms with Crippen molar-refractivity contribution in [3.63, 3.8) is 0 Å². The van der Waals surface area contributed by atoms with Gasteiger partial charge in [0.1, 0.15) is 6.04 Å². The Hall–Kier alpha value is -2.63. The Morgan fingerprint density at radius 2 is 1.85 bits per heavy atom. The van der Waals surface area contributed by atoms with Crippen LogP contribution in [0.25, 0.3) is 5.69 Å². The number of amides is 2. The lowest BCUT2D eigenvalue weighted by Gasteiger charge is -2.37. The van der Waals surface area contributed by atoms with Gasteiger partial charge in [-0.1, -0.05) is 31.0 Å². The summed E-state index contributed by atoms with van der Waals surface area (Å²) in [6.07, 6.45) is 4.08. The number of hydrogen-bond acceptors (Lipinski definition) is 3. The van der Waals surface area contributed by atoms with Crippen LogP contribution in [-0.4, -0.2) is 39.6 Å². The van der Waals surface area contributed by atoms with Crippen molar-refractivity contribution in [3.8, 4) is 5.69 Å². The van der Waals surface area contributed by atoms with E-state index in [0.717, 1.165) is 48.3 Å². The highest BCUT2D eigenvalue weighted by atomic mass is 16.2. The Balaban J connectivity index is 1.74. The molecule has 4 rings (SSSR count). The van der Waals surface area contributed by atoms with Crippen LogP contribution in [-0.2, 0) is 9.59 Å². The number of para-hydroxylation sites is 1. The number of rotatable bonds is 3. The highest BCUT2D eigenvalue weighted by Crippen LogP contribution is 2.34. The average molecular weight is 366 g/mol. The second-order valence-electron chi connectivity index (χ2n) is 7.54. The topological polar surface area (TPSA) is 67.2 Å². The van der Waals surface area contributed by atoms with Crippen LogP contribution in [0.4, 0.5) is 0 Å². The van der Waals surface area contributed by atoms with Crippen LogP contribution in [0.15, 0.2) is 30.3 Å². The van der Waals surface area contributed by atoms with Crippen LogP contribution < -0.4 is 5.32 Å². The van der Waals surface area contributed by atoms with Gasteiger partial charge in [0.15, 0.2) is 0 Å². The van der Waals surface area contributed by atoms with Crippen LogP contribution >= 0.6 is 0 Å². The molecule has 1 aromatic carbocycles. The van der Waals surface area contributed by atoms with Gasteiger partial charge in [-0.3, -0.25) is 9.59 Å². The van der Waals surface area contributed by atoms with Crippen molar-refractivity contribution < 1.29 is 9.59 Å². The molecule has 0 bridgehead atoms. The van der Waals surface area contributed by atoms with Gasteiger partial charge in [0.25, 0.3) is 0 Å². The van der Waals surface area contributed by atoms with Gasteiger partial charge in [0.05, 0.1) is 11.4 Å². The van der Waals surface area contributed by atoms with Gasteiger partial charge in [-0.15, -0.1) is 0 Å². The zero-order chi connectivity index (χ0) is 19.0. The van der Waals surface area contributed by atoms with E-state index in [-0.39, 0.29) is 17.7 Å². The molecule has 1 atom stereocenters. The Labute approximate surface area is 159 Å². The van der Waals surface area contributed by atoms with E-state index in [9.17, 15) is 9.59 Å². The van der Waals surface area contributed by atoms with Gasteiger partial charge >= 0.3 is 0 Å². The van der Waals surface area contributed by atoms with Crippen molar-refractivity contribution >= 4 is 11.8 Å². The van der Waals surface area contributed by atoms with Crippen molar-refractivity contribution in [2.24, 2.45) is 5.92 Å². The predicted octanol–water partition coefficient (Wildman–Crippen LogP) is 2.68. The van der Waals surface area contributed by atoms with E-state index in [1.807, 2.05) is 48.9 Å². The highest BCUT2D eigenvalue weighted by Gasteiger charge is 2.40. The molecule has 1 aliphatic carbocycles. The lowest BCUT2D eigenvalue weighted by Crippen LogP contribution is -2.53. The minimum absolute atomic E-state index is 0.0585. The molecular weight excluding hydrogens is 340 g/mol. The van der Waals surface area contributed by atoms with Crippen LogP contribution in [0, 0.1) is 19.8 Å². The molecule has 0 radical (unpaired) electrons. The number of carbonyl (C=O) groups excluding carboxylic acids is 2. The minimum atomic E-state index is -0.593. The summed E-state index contributed by atoms with van der Waals surface area (Å²) < 4.78 is 1.87. The predicted molar refractivity (Wildman–Crippen MR) is 102 cm³/mol. The summed E-state index contributed by atoms with van der Waals surface area (Å²) in [5.74, 6) is 0.0770. The first-order valence-electron chi connectivity index (χ1n) is 9.77. The summed E-state index contributed by atoms with van der Waals surface area (Å²) in [5.41, 5.74) is 3.50. The third kappa shape index (κ3) is 3.13. The first kappa shape index (κ1) is 17.8.